The van der Waals surface area contributed by atoms with Gasteiger partial charge in [0.25, 0.3) is 0 Å². The van der Waals surface area contributed by atoms with E-state index in [0.29, 0.717) is 0 Å². The van der Waals surface area contributed by atoms with Crippen molar-refractivity contribution in [3.05, 3.63) is 152 Å². The zero-order valence-electron chi connectivity index (χ0n) is 21.4. The number of hydrogen-bond donors (Lipinski definition) is 0. The molecule has 1 aliphatic rings. The van der Waals surface area contributed by atoms with Crippen molar-refractivity contribution in [3.8, 4) is 16.8 Å². The molecule has 0 spiro atoms. The maximum atomic E-state index is 4.36. The van der Waals surface area contributed by atoms with Crippen LogP contribution in [0.4, 0.5) is 11.4 Å². The van der Waals surface area contributed by atoms with Crippen LogP contribution < -0.4 is 4.90 Å². The molecule has 0 N–H and O–H groups in total. The Balaban J connectivity index is 1.24. The van der Waals surface area contributed by atoms with Crippen molar-refractivity contribution in [2.45, 2.75) is 6.42 Å². The van der Waals surface area contributed by atoms with Crippen LogP contribution in [-0.2, 0) is 6.42 Å². The number of rotatable bonds is 3. The highest BCUT2D eigenvalue weighted by atomic mass is 15.1. The summed E-state index contributed by atoms with van der Waals surface area (Å²) in [5, 5.41) is 2.38. The molecule has 3 aromatic carbocycles. The predicted molar refractivity (Wildman–Crippen MR) is 162 cm³/mol. The Hall–Kier alpha value is -5.22. The Morgan fingerprint density at radius 2 is 1.33 bits per heavy atom. The van der Waals surface area contributed by atoms with Crippen molar-refractivity contribution in [2.24, 2.45) is 0 Å². The molecule has 4 heteroatoms. The second-order valence-electron chi connectivity index (χ2n) is 9.66. The minimum absolute atomic E-state index is 0.824. The van der Waals surface area contributed by atoms with Gasteiger partial charge in [-0.05, 0) is 71.7 Å². The van der Waals surface area contributed by atoms with Crippen LogP contribution in [-0.4, -0.2) is 14.5 Å². The third kappa shape index (κ3) is 4.03. The average Bonchev–Trinajstić information content (AvgIpc) is 3.36. The largest absolute Gasteiger partial charge is 0.311 e. The number of benzene rings is 3. The van der Waals surface area contributed by atoms with E-state index in [0.717, 1.165) is 40.1 Å². The lowest BCUT2D eigenvalue weighted by atomic mass is 10.0. The second kappa shape index (κ2) is 9.58. The van der Waals surface area contributed by atoms with E-state index in [1.807, 2.05) is 36.9 Å². The molecular weight excluding hydrogens is 476 g/mol. The first-order valence-electron chi connectivity index (χ1n) is 13.1. The summed E-state index contributed by atoms with van der Waals surface area (Å²) >= 11 is 0. The normalized spacial score (nSPS) is 15.0. The summed E-state index contributed by atoms with van der Waals surface area (Å²) in [6, 6.07) is 30.1. The lowest BCUT2D eigenvalue weighted by Gasteiger charge is -2.27. The van der Waals surface area contributed by atoms with Crippen LogP contribution in [0.1, 0.15) is 5.56 Å². The Morgan fingerprint density at radius 3 is 2.15 bits per heavy atom. The zero-order chi connectivity index (χ0) is 26.2. The number of para-hydroxylation sites is 1. The first kappa shape index (κ1) is 22.9. The van der Waals surface area contributed by atoms with E-state index < -0.39 is 0 Å². The molecule has 0 bridgehead atoms. The van der Waals surface area contributed by atoms with E-state index in [9.17, 15) is 0 Å². The average molecular weight is 503 g/mol. The van der Waals surface area contributed by atoms with Gasteiger partial charge >= 0.3 is 0 Å². The van der Waals surface area contributed by atoms with Crippen LogP contribution in [0.5, 0.6) is 0 Å². The summed E-state index contributed by atoms with van der Waals surface area (Å²) in [5.74, 6) is 0. The lowest BCUT2D eigenvalue weighted by molar-refractivity contribution is 1.13. The molecule has 39 heavy (non-hydrogen) atoms. The van der Waals surface area contributed by atoms with Gasteiger partial charge in [-0.15, -0.1) is 0 Å². The quantitative estimate of drug-likeness (QED) is 0.243. The molecule has 0 amide bonds. The minimum Gasteiger partial charge on any atom is -0.311 e. The van der Waals surface area contributed by atoms with Crippen LogP contribution in [0.25, 0.3) is 38.6 Å². The molecule has 0 radical (unpaired) electrons. The van der Waals surface area contributed by atoms with Gasteiger partial charge in [-0.25, -0.2) is 0 Å². The first-order chi connectivity index (χ1) is 19.3. The fourth-order valence-corrected chi connectivity index (χ4v) is 5.47. The van der Waals surface area contributed by atoms with Crippen molar-refractivity contribution >= 4 is 33.2 Å². The number of nitrogens with zero attached hydrogens (tertiary/aromatic N) is 4. The molecule has 1 aliphatic heterocycles. The van der Waals surface area contributed by atoms with Gasteiger partial charge in [-0.1, -0.05) is 67.3 Å². The molecule has 4 heterocycles. The van der Waals surface area contributed by atoms with Gasteiger partial charge in [-0.2, -0.15) is 0 Å². The Labute approximate surface area is 227 Å². The molecule has 0 unspecified atom stereocenters. The van der Waals surface area contributed by atoms with Gasteiger partial charge in [0, 0.05) is 52.6 Å². The summed E-state index contributed by atoms with van der Waals surface area (Å²) in [5.41, 5.74) is 10.1. The number of fused-ring (bicyclic) bond motifs is 4. The molecule has 186 valence electrons. The Bertz CT molecular complexity index is 1840. The molecule has 6 aromatic rings. The van der Waals surface area contributed by atoms with Gasteiger partial charge < -0.3 is 9.47 Å². The number of aromatic nitrogens is 3. The number of hydrogen-bond acceptors (Lipinski definition) is 3. The topological polar surface area (TPSA) is 34.0 Å². The summed E-state index contributed by atoms with van der Waals surface area (Å²) in [7, 11) is 0. The molecule has 0 fully saturated rings. The van der Waals surface area contributed by atoms with Crippen molar-refractivity contribution in [2.75, 3.05) is 4.90 Å². The van der Waals surface area contributed by atoms with E-state index in [2.05, 4.69) is 123 Å². The van der Waals surface area contributed by atoms with E-state index in [1.54, 1.807) is 0 Å². The summed E-state index contributed by atoms with van der Waals surface area (Å²) in [6.45, 7) is 4.35. The van der Waals surface area contributed by atoms with Crippen LogP contribution in [0.3, 0.4) is 0 Å². The Morgan fingerprint density at radius 1 is 0.641 bits per heavy atom. The molecule has 4 nitrogen and oxygen atoms in total. The summed E-state index contributed by atoms with van der Waals surface area (Å²) in [6.07, 6.45) is 16.7. The Kier molecular flexibility index (Phi) is 5.64. The smallest absolute Gasteiger partial charge is 0.0571 e. The fraction of sp³-hybridized carbons (Fsp3) is 0.0286. The highest BCUT2D eigenvalue weighted by molar-refractivity contribution is 6.08. The van der Waals surface area contributed by atoms with Gasteiger partial charge in [0.15, 0.2) is 0 Å². The van der Waals surface area contributed by atoms with E-state index >= 15 is 0 Å². The maximum Gasteiger partial charge on any atom is 0.0571 e. The number of pyridine rings is 2. The molecule has 0 aliphatic carbocycles. The van der Waals surface area contributed by atoms with E-state index in [1.165, 1.54) is 27.6 Å². The molecule has 0 saturated heterocycles. The zero-order valence-corrected chi connectivity index (χ0v) is 21.4. The highest BCUT2D eigenvalue weighted by Gasteiger charge is 2.16. The third-order valence-electron chi connectivity index (χ3n) is 7.34. The predicted octanol–water partition coefficient (Wildman–Crippen LogP) is 8.56. The van der Waals surface area contributed by atoms with Crippen molar-refractivity contribution < 1.29 is 0 Å². The molecule has 0 atom stereocenters. The summed E-state index contributed by atoms with van der Waals surface area (Å²) < 4.78 is 2.31. The van der Waals surface area contributed by atoms with Gasteiger partial charge in [0.05, 0.1) is 16.7 Å². The van der Waals surface area contributed by atoms with Crippen LogP contribution in [0.15, 0.2) is 146 Å². The standard InChI is InChI=1S/C35H26N4/c1-25-7-3-2-4-8-28-23-36-21-19-33(28)38(25)29-15-11-26(12-16-29)27-13-17-30(18-14-27)39-34-10-6-5-9-31(34)32-24-37-22-20-35(32)39/h2-7,9-24H,1,8H2/b4-2-,7-3-. The van der Waals surface area contributed by atoms with E-state index in [4.69, 9.17) is 0 Å². The number of anilines is 2. The van der Waals surface area contributed by atoms with E-state index in [-0.39, 0.29) is 0 Å². The molecule has 7 rings (SSSR count). The third-order valence-corrected chi connectivity index (χ3v) is 7.34. The molecule has 0 saturated carbocycles. The highest BCUT2D eigenvalue weighted by Crippen LogP contribution is 2.35. The van der Waals surface area contributed by atoms with Gasteiger partial charge in [0.2, 0.25) is 0 Å². The fourth-order valence-electron chi connectivity index (χ4n) is 5.47. The first-order valence-corrected chi connectivity index (χ1v) is 13.1. The van der Waals surface area contributed by atoms with Gasteiger partial charge in [-0.3, -0.25) is 9.97 Å². The number of allylic oxidation sites excluding steroid dienone is 4. The molecular formula is C35H26N4. The SMILES string of the molecule is C=C1/C=C\C=C/Cc2cnccc2N1c1ccc(-c2ccc(-n3c4ccccc4c4cnccc43)cc2)cc1. The van der Waals surface area contributed by atoms with Gasteiger partial charge in [0.1, 0.15) is 0 Å². The second-order valence-corrected chi connectivity index (χ2v) is 9.66. The lowest BCUT2D eigenvalue weighted by Crippen LogP contribution is -2.16. The van der Waals surface area contributed by atoms with Crippen molar-refractivity contribution in [1.82, 2.24) is 14.5 Å². The van der Waals surface area contributed by atoms with Crippen molar-refractivity contribution in [3.63, 3.8) is 0 Å². The van der Waals surface area contributed by atoms with Crippen LogP contribution in [0, 0.1) is 0 Å². The summed E-state index contributed by atoms with van der Waals surface area (Å²) in [4.78, 5) is 10.9. The monoisotopic (exact) mass is 502 g/mol. The van der Waals surface area contributed by atoms with Crippen molar-refractivity contribution in [1.29, 1.82) is 0 Å². The van der Waals surface area contributed by atoms with Crippen LogP contribution in [0.2, 0.25) is 0 Å². The van der Waals surface area contributed by atoms with Crippen LogP contribution >= 0.6 is 0 Å². The minimum atomic E-state index is 0.824. The maximum absolute atomic E-state index is 4.36. The molecule has 3 aromatic heterocycles.